The van der Waals surface area contributed by atoms with E-state index in [9.17, 15) is 0 Å². The molecular weight excluding hydrogens is 264 g/mol. The van der Waals surface area contributed by atoms with E-state index < -0.39 is 0 Å². The summed E-state index contributed by atoms with van der Waals surface area (Å²) in [6, 6.07) is 0. The Morgan fingerprint density at radius 3 is 2.37 bits per heavy atom. The zero-order chi connectivity index (χ0) is 13.0. The zero-order valence-electron chi connectivity index (χ0n) is 12.3. The molecule has 0 aromatic carbocycles. The molecule has 2 atom stereocenters. The van der Waals surface area contributed by atoms with Gasteiger partial charge in [0.2, 0.25) is 0 Å². The molecule has 3 aliphatic rings. The van der Waals surface area contributed by atoms with Crippen LogP contribution in [0.15, 0.2) is 0 Å². The summed E-state index contributed by atoms with van der Waals surface area (Å²) in [5.74, 6) is 0.515. The van der Waals surface area contributed by atoms with Crippen LogP contribution in [-0.2, 0) is 14.0 Å². The van der Waals surface area contributed by atoms with E-state index in [4.69, 9.17) is 14.0 Å². The van der Waals surface area contributed by atoms with Crippen LogP contribution in [0.2, 0.25) is 5.31 Å². The molecule has 0 aliphatic carbocycles. The number of halogens is 1. The molecule has 110 valence electrons. The van der Waals surface area contributed by atoms with Gasteiger partial charge in [-0.3, -0.25) is 0 Å². The van der Waals surface area contributed by atoms with Crippen molar-refractivity contribution < 1.29 is 14.0 Å². The van der Waals surface area contributed by atoms with Crippen LogP contribution >= 0.6 is 12.4 Å². The molecule has 0 aromatic heterocycles. The van der Waals surface area contributed by atoms with Crippen LogP contribution < -0.4 is 5.32 Å². The number of nitrogens with one attached hydrogen (secondary N) is 1. The van der Waals surface area contributed by atoms with Crippen molar-refractivity contribution in [1.29, 1.82) is 0 Å². The largest absolute Gasteiger partial charge is 0.466 e. The van der Waals surface area contributed by atoms with Gasteiger partial charge in [0.05, 0.1) is 17.8 Å². The molecule has 0 amide bonds. The van der Waals surface area contributed by atoms with Gasteiger partial charge >= 0.3 is 7.12 Å². The molecule has 19 heavy (non-hydrogen) atoms. The number of ether oxygens (including phenoxy) is 1. The fourth-order valence-electron chi connectivity index (χ4n) is 3.30. The minimum atomic E-state index is -0.238. The third-order valence-electron chi connectivity index (χ3n) is 5.41. The van der Waals surface area contributed by atoms with Gasteiger partial charge in [-0.05, 0) is 40.7 Å². The van der Waals surface area contributed by atoms with Gasteiger partial charge in [0.25, 0.3) is 0 Å². The maximum atomic E-state index is 6.29. The van der Waals surface area contributed by atoms with Crippen molar-refractivity contribution in [3.05, 3.63) is 0 Å². The first-order valence-corrected chi connectivity index (χ1v) is 7.02. The average Bonchev–Trinajstić information content (AvgIpc) is 2.79. The first-order chi connectivity index (χ1) is 8.37. The first kappa shape index (κ1) is 15.6. The van der Waals surface area contributed by atoms with Crippen LogP contribution in [0.5, 0.6) is 0 Å². The molecule has 0 radical (unpaired) electrons. The van der Waals surface area contributed by atoms with E-state index in [-0.39, 0.29) is 36.0 Å². The van der Waals surface area contributed by atoms with Gasteiger partial charge in [0.15, 0.2) is 0 Å². The Labute approximate surface area is 122 Å². The predicted octanol–water partition coefficient (Wildman–Crippen LogP) is 1.88. The molecule has 6 heteroatoms. The highest BCUT2D eigenvalue weighted by molar-refractivity contribution is 6.50. The van der Waals surface area contributed by atoms with Crippen LogP contribution in [0.1, 0.15) is 34.1 Å². The molecule has 3 heterocycles. The van der Waals surface area contributed by atoms with E-state index in [1.165, 1.54) is 0 Å². The molecule has 3 rings (SSSR count). The van der Waals surface area contributed by atoms with E-state index in [1.54, 1.807) is 0 Å². The van der Waals surface area contributed by atoms with Crippen molar-refractivity contribution >= 4 is 19.5 Å². The lowest BCUT2D eigenvalue weighted by Crippen LogP contribution is -2.46. The molecule has 0 bridgehead atoms. The molecule has 3 fully saturated rings. The normalized spacial score (nSPS) is 39.8. The van der Waals surface area contributed by atoms with Crippen molar-refractivity contribution in [2.45, 2.75) is 50.6 Å². The van der Waals surface area contributed by atoms with E-state index in [0.717, 1.165) is 32.7 Å². The highest BCUT2D eigenvalue weighted by atomic mass is 35.5. The Kier molecular flexibility index (Phi) is 4.00. The SMILES string of the molecule is CC1(C)OB(C23CCOCC2CNC3)OC1(C)C.Cl. The summed E-state index contributed by atoms with van der Waals surface area (Å²) in [6.07, 6.45) is 1.03. The summed E-state index contributed by atoms with van der Waals surface area (Å²) >= 11 is 0. The van der Waals surface area contributed by atoms with E-state index in [0.29, 0.717) is 5.92 Å². The van der Waals surface area contributed by atoms with Crippen molar-refractivity contribution in [2.24, 2.45) is 5.92 Å². The Hall–Kier alpha value is 0.195. The van der Waals surface area contributed by atoms with Gasteiger partial charge < -0.3 is 19.4 Å². The third-order valence-corrected chi connectivity index (χ3v) is 5.41. The number of rotatable bonds is 1. The summed E-state index contributed by atoms with van der Waals surface area (Å²) in [4.78, 5) is 0. The second-order valence-corrected chi connectivity index (χ2v) is 6.97. The lowest BCUT2D eigenvalue weighted by Gasteiger charge is -2.39. The van der Waals surface area contributed by atoms with Crippen molar-refractivity contribution in [1.82, 2.24) is 5.32 Å². The molecule has 0 aromatic rings. The number of hydrogen-bond donors (Lipinski definition) is 1. The smallest absolute Gasteiger partial charge is 0.403 e. The van der Waals surface area contributed by atoms with E-state index in [1.807, 2.05) is 0 Å². The van der Waals surface area contributed by atoms with Crippen LogP contribution in [0, 0.1) is 5.92 Å². The standard InChI is InChI=1S/C13H24BNO3.ClH/c1-11(2)12(3,4)18-14(17-11)13-5-6-16-8-10(13)7-15-9-13;/h10,15H,5-9H2,1-4H3;1H. The Morgan fingerprint density at radius 2 is 1.74 bits per heavy atom. The maximum absolute atomic E-state index is 6.29. The van der Waals surface area contributed by atoms with Crippen LogP contribution in [0.3, 0.4) is 0 Å². The van der Waals surface area contributed by atoms with Crippen molar-refractivity contribution in [3.63, 3.8) is 0 Å². The first-order valence-electron chi connectivity index (χ1n) is 7.02. The molecule has 0 spiro atoms. The molecule has 1 N–H and O–H groups in total. The Balaban J connectivity index is 0.00000133. The summed E-state index contributed by atoms with van der Waals surface area (Å²) < 4.78 is 18.2. The fraction of sp³-hybridized carbons (Fsp3) is 1.00. The van der Waals surface area contributed by atoms with Crippen molar-refractivity contribution in [2.75, 3.05) is 26.3 Å². The molecule has 4 nitrogen and oxygen atoms in total. The summed E-state index contributed by atoms with van der Waals surface area (Å²) in [5.41, 5.74) is -0.476. The maximum Gasteiger partial charge on any atom is 0.466 e. The topological polar surface area (TPSA) is 39.7 Å². The quantitative estimate of drug-likeness (QED) is 0.748. The van der Waals surface area contributed by atoms with E-state index in [2.05, 4.69) is 33.0 Å². The van der Waals surface area contributed by atoms with Gasteiger partial charge in [0, 0.05) is 24.4 Å². The van der Waals surface area contributed by atoms with Gasteiger partial charge in [-0.25, -0.2) is 0 Å². The summed E-state index contributed by atoms with van der Waals surface area (Å²) in [6.45, 7) is 12.2. The molecule has 3 saturated heterocycles. The monoisotopic (exact) mass is 289 g/mol. The third kappa shape index (κ3) is 2.24. The highest BCUT2D eigenvalue weighted by Crippen LogP contribution is 2.53. The second kappa shape index (κ2) is 4.88. The number of fused-ring (bicyclic) bond motifs is 1. The Morgan fingerprint density at radius 1 is 1.11 bits per heavy atom. The zero-order valence-corrected chi connectivity index (χ0v) is 13.1. The van der Waals surface area contributed by atoms with Gasteiger partial charge in [0.1, 0.15) is 0 Å². The van der Waals surface area contributed by atoms with Gasteiger partial charge in [-0.1, -0.05) is 0 Å². The molecule has 3 aliphatic heterocycles. The lowest BCUT2D eigenvalue weighted by atomic mass is 9.50. The lowest BCUT2D eigenvalue weighted by molar-refractivity contribution is 0.00578. The minimum absolute atomic E-state index is 0. The van der Waals surface area contributed by atoms with Gasteiger partial charge in [-0.15, -0.1) is 12.4 Å². The van der Waals surface area contributed by atoms with Crippen molar-refractivity contribution in [3.8, 4) is 0 Å². The molecule has 2 unspecified atom stereocenters. The van der Waals surface area contributed by atoms with E-state index >= 15 is 0 Å². The van der Waals surface area contributed by atoms with Crippen LogP contribution in [0.4, 0.5) is 0 Å². The Bertz CT molecular complexity index is 337. The molecular formula is C13H25BClNO3. The average molecular weight is 290 g/mol. The number of hydrogen-bond acceptors (Lipinski definition) is 4. The summed E-state index contributed by atoms with van der Waals surface area (Å²) in [5, 5.41) is 3.60. The predicted molar refractivity (Wildman–Crippen MR) is 77.8 cm³/mol. The fourth-order valence-corrected chi connectivity index (χ4v) is 3.30. The van der Waals surface area contributed by atoms with Gasteiger partial charge in [-0.2, -0.15) is 0 Å². The van der Waals surface area contributed by atoms with Crippen LogP contribution in [0.25, 0.3) is 0 Å². The summed E-state index contributed by atoms with van der Waals surface area (Å²) in [7, 11) is -0.105. The molecule has 0 saturated carbocycles. The minimum Gasteiger partial charge on any atom is -0.403 e. The van der Waals surface area contributed by atoms with Crippen LogP contribution in [-0.4, -0.2) is 44.6 Å². The highest BCUT2D eigenvalue weighted by Gasteiger charge is 2.63. The second-order valence-electron chi connectivity index (χ2n) is 6.97.